The number of rotatable bonds is 10. The average molecular weight is 595 g/mol. The van der Waals surface area contributed by atoms with Gasteiger partial charge >= 0.3 is 0 Å². The molecule has 218 valence electrons. The molecule has 6 rings (SSSR count). The number of aliphatic hydroxyl groups excluding tert-OH is 1. The number of aliphatic hydroxyl groups is 1. The van der Waals surface area contributed by atoms with Gasteiger partial charge in [-0.1, -0.05) is 78.5 Å². The summed E-state index contributed by atoms with van der Waals surface area (Å²) in [5.74, 6) is 0.446. The fraction of sp³-hybridized carbons (Fsp3) is 0.219. The van der Waals surface area contributed by atoms with E-state index < -0.39 is 6.29 Å². The van der Waals surface area contributed by atoms with E-state index in [1.54, 1.807) is 29.2 Å². The molecule has 3 atom stereocenters. The lowest BCUT2D eigenvalue weighted by molar-refractivity contribution is -0.245. The lowest BCUT2D eigenvalue weighted by Gasteiger charge is -2.36. The van der Waals surface area contributed by atoms with Gasteiger partial charge in [-0.05, 0) is 51.4 Å². The number of aromatic nitrogens is 5. The first kappa shape index (κ1) is 28.7. The summed E-state index contributed by atoms with van der Waals surface area (Å²) in [5, 5.41) is 25.4. The molecule has 0 radical (unpaired) electrons. The molecular weight excluding hydrogens is 564 g/mol. The first-order valence-electron chi connectivity index (χ1n) is 13.9. The van der Waals surface area contributed by atoms with Crippen LogP contribution in [0.3, 0.4) is 0 Å². The number of hydrogen-bond donors (Lipinski definition) is 2. The second-order valence-corrected chi connectivity index (χ2v) is 11.0. The van der Waals surface area contributed by atoms with Gasteiger partial charge in [-0.25, -0.2) is 0 Å². The number of thioether (sulfide) groups is 1. The van der Waals surface area contributed by atoms with E-state index in [9.17, 15) is 9.90 Å². The van der Waals surface area contributed by atoms with Crippen molar-refractivity contribution in [3.63, 3.8) is 0 Å². The number of nitrogens with one attached hydrogen (secondary N) is 1. The van der Waals surface area contributed by atoms with Crippen molar-refractivity contribution in [3.8, 4) is 5.69 Å². The van der Waals surface area contributed by atoms with Crippen molar-refractivity contribution in [2.75, 3.05) is 5.75 Å². The summed E-state index contributed by atoms with van der Waals surface area (Å²) in [6, 6.07) is 28.9. The third kappa shape index (κ3) is 7.15. The van der Waals surface area contributed by atoms with E-state index in [0.29, 0.717) is 29.4 Å². The molecule has 3 heterocycles. The summed E-state index contributed by atoms with van der Waals surface area (Å²) in [4.78, 5) is 16.4. The molecule has 11 heteroatoms. The van der Waals surface area contributed by atoms with Gasteiger partial charge in [-0.2, -0.15) is 4.68 Å². The Morgan fingerprint density at radius 3 is 2.44 bits per heavy atom. The highest BCUT2D eigenvalue weighted by molar-refractivity contribution is 7.99. The van der Waals surface area contributed by atoms with Crippen molar-refractivity contribution in [1.29, 1.82) is 0 Å². The van der Waals surface area contributed by atoms with E-state index in [2.05, 4.69) is 25.8 Å². The summed E-state index contributed by atoms with van der Waals surface area (Å²) in [6.07, 6.45) is 2.88. The molecule has 1 saturated heterocycles. The number of amides is 1. The van der Waals surface area contributed by atoms with Crippen molar-refractivity contribution in [1.82, 2.24) is 30.5 Å². The van der Waals surface area contributed by atoms with Gasteiger partial charge in [-0.3, -0.25) is 9.78 Å². The fourth-order valence-corrected chi connectivity index (χ4v) is 5.67. The van der Waals surface area contributed by atoms with Gasteiger partial charge in [0.2, 0.25) is 5.16 Å². The van der Waals surface area contributed by atoms with Crippen LogP contribution in [0.1, 0.15) is 51.4 Å². The number of tetrazole rings is 1. The lowest BCUT2D eigenvalue weighted by Crippen LogP contribution is -2.31. The van der Waals surface area contributed by atoms with E-state index >= 15 is 0 Å². The van der Waals surface area contributed by atoms with Gasteiger partial charge in [0, 0.05) is 36.7 Å². The average Bonchev–Trinajstić information content (AvgIpc) is 3.56. The predicted octanol–water partition coefficient (Wildman–Crippen LogP) is 4.82. The largest absolute Gasteiger partial charge is 0.392 e. The second-order valence-electron chi connectivity index (χ2n) is 10.0. The number of nitrogens with zero attached hydrogens (tertiary/aromatic N) is 5. The van der Waals surface area contributed by atoms with E-state index in [-0.39, 0.29) is 24.7 Å². The van der Waals surface area contributed by atoms with Gasteiger partial charge in [0.15, 0.2) is 6.29 Å². The Hall–Kier alpha value is -4.42. The van der Waals surface area contributed by atoms with Crippen molar-refractivity contribution < 1.29 is 19.4 Å². The van der Waals surface area contributed by atoms with Crippen LogP contribution in [0.15, 0.2) is 109 Å². The van der Waals surface area contributed by atoms with Crippen molar-refractivity contribution in [3.05, 3.63) is 131 Å². The van der Waals surface area contributed by atoms with Gasteiger partial charge in [0.05, 0.1) is 30.1 Å². The van der Waals surface area contributed by atoms with Gasteiger partial charge in [0.1, 0.15) is 0 Å². The maximum Gasteiger partial charge on any atom is 0.253 e. The zero-order chi connectivity index (χ0) is 29.4. The molecule has 1 aliphatic rings. The molecule has 0 bridgehead atoms. The minimum atomic E-state index is -0.592. The number of carbonyl (C=O) groups is 1. The number of pyridine rings is 1. The van der Waals surface area contributed by atoms with E-state index in [0.717, 1.165) is 27.9 Å². The Balaban J connectivity index is 1.16. The zero-order valence-corrected chi connectivity index (χ0v) is 24.0. The predicted molar refractivity (Wildman–Crippen MR) is 160 cm³/mol. The molecule has 0 unspecified atom stereocenters. The van der Waals surface area contributed by atoms with Crippen LogP contribution in [0.25, 0.3) is 5.69 Å². The van der Waals surface area contributed by atoms with E-state index in [1.807, 2.05) is 78.9 Å². The Labute approximate surface area is 253 Å². The molecule has 3 aromatic carbocycles. The minimum Gasteiger partial charge on any atom is -0.392 e. The van der Waals surface area contributed by atoms with Crippen LogP contribution >= 0.6 is 11.8 Å². The van der Waals surface area contributed by atoms with Crippen LogP contribution in [0.4, 0.5) is 0 Å². The summed E-state index contributed by atoms with van der Waals surface area (Å²) in [5.41, 5.74) is 5.10. The van der Waals surface area contributed by atoms with Gasteiger partial charge < -0.3 is 19.9 Å². The van der Waals surface area contributed by atoms with Crippen LogP contribution in [-0.2, 0) is 22.6 Å². The SMILES string of the molecule is O=C(NCc1ccc([C@@H]2O[C@H](CSc3nnnn3-c3ccccc3)C[C@H](c3ccc(CO)cc3)O2)cc1)c1cccnc1. The third-order valence-corrected chi connectivity index (χ3v) is 8.13. The highest BCUT2D eigenvalue weighted by atomic mass is 32.2. The normalized spacial score (nSPS) is 18.3. The Morgan fingerprint density at radius 1 is 0.930 bits per heavy atom. The summed E-state index contributed by atoms with van der Waals surface area (Å²) in [6.45, 7) is 0.373. The molecule has 0 aliphatic carbocycles. The minimum absolute atomic E-state index is 0.0119. The van der Waals surface area contributed by atoms with Crippen molar-refractivity contribution in [2.45, 2.75) is 43.2 Å². The van der Waals surface area contributed by atoms with Gasteiger partial charge in [0.25, 0.3) is 5.91 Å². The number of ether oxygens (including phenoxy) is 2. The fourth-order valence-electron chi connectivity index (χ4n) is 4.76. The highest BCUT2D eigenvalue weighted by Crippen LogP contribution is 2.39. The molecule has 1 fully saturated rings. The molecule has 1 aliphatic heterocycles. The van der Waals surface area contributed by atoms with Crippen LogP contribution in [0.5, 0.6) is 0 Å². The molecule has 43 heavy (non-hydrogen) atoms. The second kappa shape index (κ2) is 13.7. The Morgan fingerprint density at radius 2 is 1.70 bits per heavy atom. The van der Waals surface area contributed by atoms with Crippen molar-refractivity contribution >= 4 is 17.7 Å². The standard InChI is InChI=1S/C32H30N6O4S/c39-20-23-10-12-24(13-11-23)29-17-28(21-43-32-35-36-37-38(32)27-6-2-1-3-7-27)41-31(42-29)25-14-8-22(9-15-25)18-34-30(40)26-5-4-16-33-19-26/h1-16,19,28-29,31,39H,17-18,20-21H2,(H,34,40)/t28-,29+,31+/m0/s1. The Kier molecular flexibility index (Phi) is 9.14. The first-order valence-corrected chi connectivity index (χ1v) is 14.9. The van der Waals surface area contributed by atoms with E-state index in [1.165, 1.54) is 11.8 Å². The monoisotopic (exact) mass is 594 g/mol. The molecule has 1 amide bonds. The maximum absolute atomic E-state index is 12.4. The van der Waals surface area contributed by atoms with Crippen LogP contribution in [-0.4, -0.2) is 48.1 Å². The number of hydrogen-bond acceptors (Lipinski definition) is 9. The molecular formula is C32H30N6O4S. The summed E-state index contributed by atoms with van der Waals surface area (Å²) < 4.78 is 14.7. The molecule has 0 saturated carbocycles. The number of para-hydroxylation sites is 1. The van der Waals surface area contributed by atoms with Gasteiger partial charge in [-0.15, -0.1) is 5.10 Å². The summed E-state index contributed by atoms with van der Waals surface area (Å²) in [7, 11) is 0. The highest BCUT2D eigenvalue weighted by Gasteiger charge is 2.32. The summed E-state index contributed by atoms with van der Waals surface area (Å²) >= 11 is 1.53. The lowest BCUT2D eigenvalue weighted by atomic mass is 10.0. The van der Waals surface area contributed by atoms with Crippen LogP contribution in [0, 0.1) is 0 Å². The number of carbonyl (C=O) groups excluding carboxylic acids is 1. The number of benzene rings is 3. The molecule has 5 aromatic rings. The quantitative estimate of drug-likeness (QED) is 0.219. The first-order chi connectivity index (χ1) is 21.2. The maximum atomic E-state index is 12.4. The molecule has 0 spiro atoms. The van der Waals surface area contributed by atoms with Crippen LogP contribution in [0.2, 0.25) is 0 Å². The Bertz CT molecular complexity index is 1620. The van der Waals surface area contributed by atoms with Crippen molar-refractivity contribution in [2.24, 2.45) is 0 Å². The smallest absolute Gasteiger partial charge is 0.253 e. The topological polar surface area (TPSA) is 124 Å². The molecule has 2 N–H and O–H groups in total. The third-order valence-electron chi connectivity index (χ3n) is 7.08. The van der Waals surface area contributed by atoms with E-state index in [4.69, 9.17) is 9.47 Å². The molecule has 2 aromatic heterocycles. The van der Waals surface area contributed by atoms with Crippen LogP contribution < -0.4 is 5.32 Å². The zero-order valence-electron chi connectivity index (χ0n) is 23.2. The molecule has 10 nitrogen and oxygen atoms in total.